The van der Waals surface area contributed by atoms with Gasteiger partial charge in [0.15, 0.2) is 0 Å². The molecule has 2 saturated heterocycles. The number of Topliss-reactive ketones (excluding diaryl/α,β-unsaturated/α-hetero) is 1. The maximum atomic E-state index is 12.2. The van der Waals surface area contributed by atoms with Crippen molar-refractivity contribution in [2.24, 2.45) is 11.3 Å². The van der Waals surface area contributed by atoms with E-state index in [1.165, 1.54) is 32.1 Å². The van der Waals surface area contributed by atoms with Crippen molar-refractivity contribution in [1.82, 2.24) is 4.90 Å². The molecule has 2 nitrogen and oxygen atoms in total. The molecule has 2 rings (SSSR count). The molecule has 2 bridgehead atoms. The van der Waals surface area contributed by atoms with Crippen molar-refractivity contribution in [2.45, 2.75) is 78.3 Å². The molecular weight excluding hydrogens is 222 g/mol. The summed E-state index contributed by atoms with van der Waals surface area (Å²) in [6.07, 6.45) is 7.34. The van der Waals surface area contributed by atoms with Crippen LogP contribution < -0.4 is 0 Å². The molecule has 0 aliphatic carbocycles. The van der Waals surface area contributed by atoms with Gasteiger partial charge in [-0.3, -0.25) is 9.69 Å². The molecule has 2 atom stereocenters. The fourth-order valence-electron chi connectivity index (χ4n) is 3.83. The van der Waals surface area contributed by atoms with E-state index < -0.39 is 0 Å². The van der Waals surface area contributed by atoms with E-state index in [9.17, 15) is 4.79 Å². The van der Waals surface area contributed by atoms with Crippen LogP contribution in [-0.4, -0.2) is 29.3 Å². The first-order chi connectivity index (χ1) is 8.39. The predicted molar refractivity (Wildman–Crippen MR) is 75.6 cm³/mol. The molecule has 0 amide bonds. The van der Waals surface area contributed by atoms with Crippen LogP contribution in [0.25, 0.3) is 0 Å². The summed E-state index contributed by atoms with van der Waals surface area (Å²) in [5.74, 6) is 1.35. The smallest absolute Gasteiger partial charge is 0.147 e. The van der Waals surface area contributed by atoms with Gasteiger partial charge in [0.25, 0.3) is 0 Å². The van der Waals surface area contributed by atoms with Gasteiger partial charge < -0.3 is 0 Å². The number of rotatable bonds is 4. The van der Waals surface area contributed by atoms with Gasteiger partial charge in [0.1, 0.15) is 5.78 Å². The lowest BCUT2D eigenvalue weighted by molar-refractivity contribution is -0.123. The summed E-state index contributed by atoms with van der Waals surface area (Å²) in [5, 5.41) is 0. The zero-order valence-electron chi connectivity index (χ0n) is 12.5. The molecule has 0 aromatic heterocycles. The molecule has 2 aliphatic rings. The van der Waals surface area contributed by atoms with Crippen molar-refractivity contribution in [1.29, 1.82) is 0 Å². The summed E-state index contributed by atoms with van der Waals surface area (Å²) in [5.41, 5.74) is 0.137. The molecular formula is C16H29NO. The van der Waals surface area contributed by atoms with Crippen LogP contribution in [-0.2, 0) is 4.79 Å². The molecule has 2 heteroatoms. The number of hydrogen-bond donors (Lipinski definition) is 0. The monoisotopic (exact) mass is 251 g/mol. The van der Waals surface area contributed by atoms with E-state index in [0.29, 0.717) is 24.4 Å². The van der Waals surface area contributed by atoms with Gasteiger partial charge >= 0.3 is 0 Å². The molecule has 0 N–H and O–H groups in total. The number of ketones is 1. The van der Waals surface area contributed by atoms with Gasteiger partial charge in [-0.05, 0) is 37.0 Å². The second kappa shape index (κ2) is 5.32. The maximum Gasteiger partial charge on any atom is 0.147 e. The Morgan fingerprint density at radius 3 is 2.17 bits per heavy atom. The highest BCUT2D eigenvalue weighted by Gasteiger charge is 2.40. The van der Waals surface area contributed by atoms with E-state index in [1.54, 1.807) is 0 Å². The number of nitrogens with zero attached hydrogens (tertiary/aromatic N) is 1. The van der Waals surface area contributed by atoms with Crippen LogP contribution in [0.1, 0.15) is 66.2 Å². The van der Waals surface area contributed by atoms with Gasteiger partial charge in [0.2, 0.25) is 0 Å². The van der Waals surface area contributed by atoms with Crippen molar-refractivity contribution in [3.05, 3.63) is 0 Å². The van der Waals surface area contributed by atoms with E-state index in [0.717, 1.165) is 12.3 Å². The lowest BCUT2D eigenvalue weighted by Crippen LogP contribution is -2.45. The summed E-state index contributed by atoms with van der Waals surface area (Å²) in [4.78, 5) is 14.7. The van der Waals surface area contributed by atoms with Crippen LogP contribution in [0.3, 0.4) is 0 Å². The summed E-state index contributed by atoms with van der Waals surface area (Å²) in [6, 6.07) is 1.41. The minimum atomic E-state index is 0.137. The fraction of sp³-hybridized carbons (Fsp3) is 0.938. The second-order valence-corrected chi connectivity index (χ2v) is 7.58. The summed E-state index contributed by atoms with van der Waals surface area (Å²) in [6.45, 7) is 9.49. The van der Waals surface area contributed by atoms with E-state index in [1.807, 2.05) is 0 Å². The number of carbonyl (C=O) groups excluding carboxylic acids is 1. The Hall–Kier alpha value is -0.370. The number of hydrogen-bond acceptors (Lipinski definition) is 2. The van der Waals surface area contributed by atoms with Gasteiger partial charge in [-0.1, -0.05) is 34.1 Å². The molecule has 2 unspecified atom stereocenters. The van der Waals surface area contributed by atoms with Crippen molar-refractivity contribution in [2.75, 3.05) is 6.54 Å². The fourth-order valence-corrected chi connectivity index (χ4v) is 3.83. The summed E-state index contributed by atoms with van der Waals surface area (Å²) < 4.78 is 0. The SMILES string of the molecule is CCC1CC2CCC(C1)N2CC(=O)CC(C)(C)C. The highest BCUT2D eigenvalue weighted by molar-refractivity contribution is 5.81. The standard InChI is InChI=1S/C16H29NO/c1-5-12-8-13-6-7-14(9-12)17(13)11-15(18)10-16(2,3)4/h12-14H,5-11H2,1-4H3. The highest BCUT2D eigenvalue weighted by Crippen LogP contribution is 2.39. The van der Waals surface area contributed by atoms with Gasteiger partial charge in [0.05, 0.1) is 6.54 Å². The van der Waals surface area contributed by atoms with Crippen LogP contribution in [0.2, 0.25) is 0 Å². The third-order valence-electron chi connectivity index (χ3n) is 4.65. The normalized spacial score (nSPS) is 32.8. The summed E-state index contributed by atoms with van der Waals surface area (Å²) in [7, 11) is 0. The molecule has 104 valence electrons. The molecule has 0 aromatic carbocycles. The van der Waals surface area contributed by atoms with Gasteiger partial charge in [-0.25, -0.2) is 0 Å². The van der Waals surface area contributed by atoms with E-state index in [2.05, 4.69) is 32.6 Å². The Morgan fingerprint density at radius 1 is 1.17 bits per heavy atom. The van der Waals surface area contributed by atoms with E-state index >= 15 is 0 Å². The third kappa shape index (κ3) is 3.34. The first kappa shape index (κ1) is 14.0. The van der Waals surface area contributed by atoms with Crippen LogP contribution in [0.5, 0.6) is 0 Å². The van der Waals surface area contributed by atoms with E-state index in [4.69, 9.17) is 0 Å². The molecule has 2 heterocycles. The quantitative estimate of drug-likeness (QED) is 0.760. The molecule has 2 fully saturated rings. The molecule has 2 aliphatic heterocycles. The Labute approximate surface area is 112 Å². The molecule has 18 heavy (non-hydrogen) atoms. The van der Waals surface area contributed by atoms with Crippen molar-refractivity contribution >= 4 is 5.78 Å². The number of piperidine rings is 1. The average Bonchev–Trinajstić information content (AvgIpc) is 2.49. The molecule has 0 aromatic rings. The predicted octanol–water partition coefficient (Wildman–Crippen LogP) is 3.64. The first-order valence-corrected chi connectivity index (χ1v) is 7.66. The zero-order valence-corrected chi connectivity index (χ0v) is 12.5. The van der Waals surface area contributed by atoms with Crippen LogP contribution >= 0.6 is 0 Å². The zero-order chi connectivity index (χ0) is 13.3. The van der Waals surface area contributed by atoms with Crippen LogP contribution in [0.4, 0.5) is 0 Å². The van der Waals surface area contributed by atoms with E-state index in [-0.39, 0.29) is 5.41 Å². The number of fused-ring (bicyclic) bond motifs is 2. The highest BCUT2D eigenvalue weighted by atomic mass is 16.1. The van der Waals surface area contributed by atoms with Crippen LogP contribution in [0.15, 0.2) is 0 Å². The summed E-state index contributed by atoms with van der Waals surface area (Å²) >= 11 is 0. The van der Waals surface area contributed by atoms with Crippen LogP contribution in [0, 0.1) is 11.3 Å². The molecule has 0 saturated carbocycles. The second-order valence-electron chi connectivity index (χ2n) is 7.58. The first-order valence-electron chi connectivity index (χ1n) is 7.66. The molecule has 0 spiro atoms. The number of carbonyl (C=O) groups is 1. The van der Waals surface area contributed by atoms with Crippen molar-refractivity contribution < 1.29 is 4.79 Å². The van der Waals surface area contributed by atoms with Gasteiger partial charge in [0, 0.05) is 18.5 Å². The van der Waals surface area contributed by atoms with Gasteiger partial charge in [-0.2, -0.15) is 0 Å². The maximum absolute atomic E-state index is 12.2. The lowest BCUT2D eigenvalue weighted by Gasteiger charge is -2.38. The van der Waals surface area contributed by atoms with Crippen molar-refractivity contribution in [3.63, 3.8) is 0 Å². The largest absolute Gasteiger partial charge is 0.298 e. The lowest BCUT2D eigenvalue weighted by atomic mass is 9.87. The topological polar surface area (TPSA) is 20.3 Å². The molecule has 0 radical (unpaired) electrons. The Bertz CT molecular complexity index is 291. The Kier molecular flexibility index (Phi) is 4.15. The Balaban J connectivity index is 1.90. The Morgan fingerprint density at radius 2 is 1.72 bits per heavy atom. The minimum absolute atomic E-state index is 0.137. The minimum Gasteiger partial charge on any atom is -0.298 e. The third-order valence-corrected chi connectivity index (χ3v) is 4.65. The van der Waals surface area contributed by atoms with Crippen molar-refractivity contribution in [3.8, 4) is 0 Å². The van der Waals surface area contributed by atoms with Gasteiger partial charge in [-0.15, -0.1) is 0 Å². The average molecular weight is 251 g/mol.